The lowest BCUT2D eigenvalue weighted by Gasteiger charge is -2.21. The number of guanidine groups is 1. The molecule has 0 spiro atoms. The molecule has 0 aromatic heterocycles. The molecule has 2 aromatic carbocycles. The third-order valence-corrected chi connectivity index (χ3v) is 4.85. The van der Waals surface area contributed by atoms with Crippen LogP contribution in [-0.4, -0.2) is 45.8 Å². The number of nitrogens with one attached hydrogen (secondary N) is 2. The number of aliphatic imine (C=N–C) groups is 1. The minimum absolute atomic E-state index is 0.0489. The van der Waals surface area contributed by atoms with E-state index in [0.29, 0.717) is 25.6 Å². The average molecular weight is 388 g/mol. The van der Waals surface area contributed by atoms with Crippen LogP contribution in [0.2, 0.25) is 0 Å². The Kier molecular flexibility index (Phi) is 6.68. The van der Waals surface area contributed by atoms with Crippen molar-refractivity contribution in [3.8, 4) is 5.75 Å². The summed E-state index contributed by atoms with van der Waals surface area (Å²) in [7, 11) is 3.37. The number of hydrogen-bond donors (Lipinski definition) is 2. The number of nitrogens with zero attached hydrogens (tertiary/aromatic N) is 2. The summed E-state index contributed by atoms with van der Waals surface area (Å²) in [5.74, 6) is 0.470. The number of para-hydroxylation sites is 1. The standard InChI is InChI=1S/C21H26F2N4O/c1-24-21(25-11-9-15-5-3-6-17(13-15)28-2)26-16-10-12-27(14-16)20-18(22)7-4-8-19(20)23/h3-8,13,16H,9-12,14H2,1-2H3,(H2,24,25,26). The molecule has 3 rings (SSSR count). The van der Waals surface area contributed by atoms with Crippen LogP contribution < -0.4 is 20.3 Å². The second kappa shape index (κ2) is 9.39. The van der Waals surface area contributed by atoms with E-state index in [1.54, 1.807) is 19.1 Å². The molecule has 0 bridgehead atoms. The summed E-state index contributed by atoms with van der Waals surface area (Å²) >= 11 is 0. The first kappa shape index (κ1) is 19.9. The fraction of sp³-hybridized carbons (Fsp3) is 0.381. The van der Waals surface area contributed by atoms with Gasteiger partial charge in [0.05, 0.1) is 7.11 Å². The zero-order chi connectivity index (χ0) is 19.9. The average Bonchev–Trinajstić information content (AvgIpc) is 3.15. The summed E-state index contributed by atoms with van der Waals surface area (Å²) in [6.07, 6.45) is 1.61. The van der Waals surface area contributed by atoms with Gasteiger partial charge >= 0.3 is 0 Å². The van der Waals surface area contributed by atoms with Crippen molar-refractivity contribution in [2.75, 3.05) is 38.7 Å². The number of anilines is 1. The van der Waals surface area contributed by atoms with E-state index < -0.39 is 11.6 Å². The predicted molar refractivity (Wildman–Crippen MR) is 108 cm³/mol. The van der Waals surface area contributed by atoms with Crippen LogP contribution in [0.15, 0.2) is 47.5 Å². The first-order chi connectivity index (χ1) is 13.6. The minimum atomic E-state index is -0.526. The Hall–Kier alpha value is -2.83. The van der Waals surface area contributed by atoms with Crippen molar-refractivity contribution in [1.29, 1.82) is 0 Å². The van der Waals surface area contributed by atoms with Gasteiger partial charge in [0.1, 0.15) is 23.1 Å². The lowest BCUT2D eigenvalue weighted by Crippen LogP contribution is -2.45. The van der Waals surface area contributed by atoms with Crippen molar-refractivity contribution in [3.05, 3.63) is 59.7 Å². The number of halogens is 2. The molecule has 0 aliphatic carbocycles. The molecular weight excluding hydrogens is 362 g/mol. The first-order valence-corrected chi connectivity index (χ1v) is 9.39. The molecule has 1 fully saturated rings. The summed E-state index contributed by atoms with van der Waals surface area (Å²) in [6.45, 7) is 1.83. The van der Waals surface area contributed by atoms with Gasteiger partial charge in [-0.1, -0.05) is 18.2 Å². The van der Waals surface area contributed by atoms with Gasteiger partial charge in [-0.3, -0.25) is 4.99 Å². The Balaban J connectivity index is 1.50. The highest BCUT2D eigenvalue weighted by atomic mass is 19.1. The zero-order valence-corrected chi connectivity index (χ0v) is 16.2. The largest absolute Gasteiger partial charge is 0.497 e. The molecule has 7 heteroatoms. The van der Waals surface area contributed by atoms with Gasteiger partial charge in [-0.05, 0) is 42.7 Å². The molecule has 0 amide bonds. The molecule has 2 N–H and O–H groups in total. The smallest absolute Gasteiger partial charge is 0.191 e. The molecule has 2 aromatic rings. The Morgan fingerprint density at radius 2 is 1.96 bits per heavy atom. The molecule has 1 heterocycles. The summed E-state index contributed by atoms with van der Waals surface area (Å²) in [5, 5.41) is 6.63. The highest BCUT2D eigenvalue weighted by molar-refractivity contribution is 5.80. The van der Waals surface area contributed by atoms with Gasteiger partial charge in [0, 0.05) is 32.7 Å². The second-order valence-corrected chi connectivity index (χ2v) is 6.75. The van der Waals surface area contributed by atoms with Crippen LogP contribution in [0.4, 0.5) is 14.5 Å². The molecule has 1 aliphatic heterocycles. The number of ether oxygens (including phenoxy) is 1. The van der Waals surface area contributed by atoms with E-state index in [-0.39, 0.29) is 11.7 Å². The molecule has 5 nitrogen and oxygen atoms in total. The van der Waals surface area contributed by atoms with E-state index in [2.05, 4.69) is 21.7 Å². The number of methoxy groups -OCH3 is 1. The molecule has 0 radical (unpaired) electrons. The molecule has 1 saturated heterocycles. The summed E-state index contributed by atoms with van der Waals surface area (Å²) < 4.78 is 33.2. The normalized spacial score (nSPS) is 16.9. The topological polar surface area (TPSA) is 48.9 Å². The van der Waals surface area contributed by atoms with Gasteiger partial charge in [-0.25, -0.2) is 8.78 Å². The van der Waals surface area contributed by atoms with E-state index >= 15 is 0 Å². The molecule has 1 atom stereocenters. The van der Waals surface area contributed by atoms with Crippen molar-refractivity contribution in [2.24, 2.45) is 4.99 Å². The summed E-state index contributed by atoms with van der Waals surface area (Å²) in [5.41, 5.74) is 1.22. The van der Waals surface area contributed by atoms with Gasteiger partial charge in [0.2, 0.25) is 0 Å². The molecule has 150 valence electrons. The maximum Gasteiger partial charge on any atom is 0.191 e. The van der Waals surface area contributed by atoms with Crippen molar-refractivity contribution in [2.45, 2.75) is 18.9 Å². The third-order valence-electron chi connectivity index (χ3n) is 4.85. The van der Waals surface area contributed by atoms with Crippen LogP contribution in [0.1, 0.15) is 12.0 Å². The van der Waals surface area contributed by atoms with Crippen LogP contribution in [0, 0.1) is 11.6 Å². The Labute approximate surface area is 164 Å². The lowest BCUT2D eigenvalue weighted by molar-refractivity contribution is 0.414. The first-order valence-electron chi connectivity index (χ1n) is 9.39. The van der Waals surface area contributed by atoms with E-state index in [0.717, 1.165) is 18.6 Å². The highest BCUT2D eigenvalue weighted by Gasteiger charge is 2.27. The van der Waals surface area contributed by atoms with Crippen molar-refractivity contribution in [1.82, 2.24) is 10.6 Å². The van der Waals surface area contributed by atoms with Gasteiger partial charge in [-0.2, -0.15) is 0 Å². The van der Waals surface area contributed by atoms with Gasteiger partial charge in [-0.15, -0.1) is 0 Å². The van der Waals surface area contributed by atoms with Crippen molar-refractivity contribution in [3.63, 3.8) is 0 Å². The summed E-state index contributed by atoms with van der Waals surface area (Å²) in [4.78, 5) is 5.99. The molecular formula is C21H26F2N4O. The molecule has 0 saturated carbocycles. The van der Waals surface area contributed by atoms with Gasteiger partial charge in [0.25, 0.3) is 0 Å². The summed E-state index contributed by atoms with van der Waals surface area (Å²) in [6, 6.07) is 12.0. The fourth-order valence-electron chi connectivity index (χ4n) is 3.41. The van der Waals surface area contributed by atoms with E-state index in [4.69, 9.17) is 4.74 Å². The Morgan fingerprint density at radius 1 is 1.21 bits per heavy atom. The van der Waals surface area contributed by atoms with Gasteiger partial charge < -0.3 is 20.3 Å². The van der Waals surface area contributed by atoms with Crippen LogP contribution in [-0.2, 0) is 6.42 Å². The van der Waals surface area contributed by atoms with Crippen molar-refractivity contribution < 1.29 is 13.5 Å². The third kappa shape index (κ3) is 4.91. The Bertz CT molecular complexity index is 808. The second-order valence-electron chi connectivity index (χ2n) is 6.75. The Morgan fingerprint density at radius 3 is 2.68 bits per heavy atom. The lowest BCUT2D eigenvalue weighted by atomic mass is 10.1. The van der Waals surface area contributed by atoms with E-state index in [1.165, 1.54) is 23.8 Å². The van der Waals surface area contributed by atoms with Crippen LogP contribution >= 0.6 is 0 Å². The van der Waals surface area contributed by atoms with E-state index in [1.807, 2.05) is 18.2 Å². The fourth-order valence-corrected chi connectivity index (χ4v) is 3.41. The van der Waals surface area contributed by atoms with Gasteiger partial charge in [0.15, 0.2) is 5.96 Å². The number of benzene rings is 2. The molecule has 28 heavy (non-hydrogen) atoms. The molecule has 1 unspecified atom stereocenters. The van der Waals surface area contributed by atoms with Crippen LogP contribution in [0.5, 0.6) is 5.75 Å². The number of rotatable bonds is 6. The zero-order valence-electron chi connectivity index (χ0n) is 16.2. The minimum Gasteiger partial charge on any atom is -0.497 e. The molecule has 1 aliphatic rings. The quantitative estimate of drug-likeness (QED) is 0.590. The van der Waals surface area contributed by atoms with E-state index in [9.17, 15) is 8.78 Å². The number of hydrogen-bond acceptors (Lipinski definition) is 3. The highest BCUT2D eigenvalue weighted by Crippen LogP contribution is 2.26. The van der Waals surface area contributed by atoms with Crippen molar-refractivity contribution >= 4 is 11.6 Å². The maximum atomic E-state index is 14.0. The SMILES string of the molecule is CN=C(NCCc1cccc(OC)c1)NC1CCN(c2c(F)cccc2F)C1. The predicted octanol–water partition coefficient (Wildman–Crippen LogP) is 2.96. The van der Waals surface area contributed by atoms with Crippen LogP contribution in [0.3, 0.4) is 0 Å². The van der Waals surface area contributed by atoms with Crippen LogP contribution in [0.25, 0.3) is 0 Å². The maximum absolute atomic E-state index is 14.0. The monoisotopic (exact) mass is 388 g/mol.